The Labute approximate surface area is 179 Å². The van der Waals surface area contributed by atoms with Crippen LogP contribution in [0, 0.1) is 12.7 Å². The van der Waals surface area contributed by atoms with E-state index in [1.54, 1.807) is 35.5 Å². The molecule has 6 N–H and O–H groups in total. The Bertz CT molecular complexity index is 997. The molecule has 2 aromatic carbocycles. The van der Waals surface area contributed by atoms with Crippen LogP contribution in [0.1, 0.15) is 15.9 Å². The van der Waals surface area contributed by atoms with Crippen LogP contribution < -0.4 is 21.5 Å². The van der Waals surface area contributed by atoms with Gasteiger partial charge in [-0.05, 0) is 36.8 Å². The van der Waals surface area contributed by atoms with Crippen molar-refractivity contribution in [1.29, 1.82) is 0 Å². The van der Waals surface area contributed by atoms with Crippen LogP contribution in [-0.2, 0) is 21.8 Å². The van der Waals surface area contributed by atoms with Crippen LogP contribution in [0.4, 0.5) is 10.1 Å². The maximum atomic E-state index is 12.2. The van der Waals surface area contributed by atoms with E-state index in [0.29, 0.717) is 28.4 Å². The van der Waals surface area contributed by atoms with Crippen molar-refractivity contribution in [2.24, 2.45) is 22.2 Å². The molecule has 0 radical (unpaired) electrons. The lowest BCUT2D eigenvalue weighted by Gasteiger charge is -2.21. The predicted octanol–water partition coefficient (Wildman–Crippen LogP) is 0.783. The molecule has 1 fully saturated rings. The number of aliphatic imine (C=N–C) groups is 1. The van der Waals surface area contributed by atoms with Gasteiger partial charge in [-0.15, -0.1) is 0 Å². The lowest BCUT2D eigenvalue weighted by atomic mass is 10.1. The lowest BCUT2D eigenvalue weighted by Crippen LogP contribution is -2.28. The molecule has 3 atom stereocenters. The second kappa shape index (κ2) is 10.4. The molecule has 0 bridgehead atoms. The van der Waals surface area contributed by atoms with Gasteiger partial charge in [-0.1, -0.05) is 18.2 Å². The summed E-state index contributed by atoms with van der Waals surface area (Å²) in [7, 11) is -2.67. The molecule has 0 spiro atoms. The summed E-state index contributed by atoms with van der Waals surface area (Å²) in [5.41, 5.74) is 17.7. The van der Waals surface area contributed by atoms with Crippen LogP contribution in [0.5, 0.6) is 0 Å². The van der Waals surface area contributed by atoms with Gasteiger partial charge >= 0.3 is 0 Å². The number of anilines is 1. The Morgan fingerprint density at radius 1 is 1.27 bits per heavy atom. The maximum Gasteiger partial charge on any atom is 0.280 e. The third-order valence-electron chi connectivity index (χ3n) is 4.08. The Hall–Kier alpha value is -2.63. The van der Waals surface area contributed by atoms with Crippen molar-refractivity contribution in [3.8, 4) is 0 Å². The number of benzene rings is 2. The van der Waals surface area contributed by atoms with Gasteiger partial charge in [0.05, 0.1) is 27.1 Å². The molecule has 2 aromatic rings. The smallest absolute Gasteiger partial charge is 0.280 e. The Kier molecular flexibility index (Phi) is 8.21. The van der Waals surface area contributed by atoms with E-state index in [1.165, 1.54) is 24.5 Å². The summed E-state index contributed by atoms with van der Waals surface area (Å²) < 4.78 is 37.8. The molecule has 162 valence electrons. The third-order valence-corrected chi connectivity index (χ3v) is 6.58. The predicted molar refractivity (Wildman–Crippen MR) is 118 cm³/mol. The van der Waals surface area contributed by atoms with Crippen molar-refractivity contribution < 1.29 is 17.6 Å². The molecular weight excluding hydrogens is 429 g/mol. The second-order valence-electron chi connectivity index (χ2n) is 6.54. The van der Waals surface area contributed by atoms with E-state index in [-0.39, 0.29) is 23.4 Å². The van der Waals surface area contributed by atoms with E-state index < -0.39 is 27.7 Å². The van der Waals surface area contributed by atoms with Gasteiger partial charge in [-0.3, -0.25) is 13.3 Å². The summed E-state index contributed by atoms with van der Waals surface area (Å²) in [4.78, 5) is 16.0. The number of halogens is 1. The summed E-state index contributed by atoms with van der Waals surface area (Å²) in [5, 5.41) is 0. The third kappa shape index (κ3) is 6.18. The number of carbonyl (C=O) groups is 1. The highest BCUT2D eigenvalue weighted by Gasteiger charge is 2.30. The highest BCUT2D eigenvalue weighted by Crippen LogP contribution is 2.31. The van der Waals surface area contributed by atoms with Crippen LogP contribution in [-0.4, -0.2) is 44.9 Å². The second-order valence-corrected chi connectivity index (χ2v) is 9.30. The van der Waals surface area contributed by atoms with E-state index in [0.717, 1.165) is 0 Å². The number of hydrogen-bond acceptors (Lipinski definition) is 4. The molecule has 0 saturated carbocycles. The fourth-order valence-electron chi connectivity index (χ4n) is 2.75. The first-order valence-corrected chi connectivity index (χ1v) is 11.7. The zero-order valence-electron chi connectivity index (χ0n) is 16.6. The highest BCUT2D eigenvalue weighted by molar-refractivity contribution is 7.87. The van der Waals surface area contributed by atoms with E-state index in [4.69, 9.17) is 17.2 Å². The van der Waals surface area contributed by atoms with Crippen molar-refractivity contribution in [2.45, 2.75) is 17.9 Å². The first-order valence-electron chi connectivity index (χ1n) is 8.84. The molecular formula is C19H24FN5O3S2. The summed E-state index contributed by atoms with van der Waals surface area (Å²) in [6.45, 7) is 2.11. The summed E-state index contributed by atoms with van der Waals surface area (Å²) in [5.74, 6) is -0.782. The Morgan fingerprint density at radius 2 is 1.90 bits per heavy atom. The van der Waals surface area contributed by atoms with Crippen molar-refractivity contribution in [3.63, 3.8) is 0 Å². The first kappa shape index (κ1) is 23.6. The normalized spacial score (nSPS) is 18.9. The van der Waals surface area contributed by atoms with Gasteiger partial charge in [0.2, 0.25) is 0 Å². The fraction of sp³-hybridized carbons (Fsp3) is 0.263. The van der Waals surface area contributed by atoms with Gasteiger partial charge in [0.1, 0.15) is 16.8 Å². The molecule has 1 amide bonds. The molecule has 1 aliphatic heterocycles. The van der Waals surface area contributed by atoms with Crippen molar-refractivity contribution in [3.05, 3.63) is 59.4 Å². The summed E-state index contributed by atoms with van der Waals surface area (Å²) in [6.07, 6.45) is 1.49. The molecule has 3 unspecified atom stereocenters. The number of rotatable bonds is 3. The van der Waals surface area contributed by atoms with Crippen LogP contribution in [0.3, 0.4) is 0 Å². The van der Waals surface area contributed by atoms with Gasteiger partial charge < -0.3 is 17.2 Å². The number of amides is 1. The Balaban J connectivity index is 0.000000386. The van der Waals surface area contributed by atoms with Crippen LogP contribution in [0.2, 0.25) is 0 Å². The minimum atomic E-state index is -1.39. The van der Waals surface area contributed by atoms with Gasteiger partial charge in [0, 0.05) is 24.4 Å². The average molecular weight is 454 g/mol. The zero-order valence-corrected chi connectivity index (χ0v) is 18.2. The molecule has 3 rings (SSSR count). The minimum Gasteiger partial charge on any atom is -0.370 e. The molecule has 0 aromatic heterocycles. The average Bonchev–Trinajstić information content (AvgIpc) is 2.99. The van der Waals surface area contributed by atoms with Crippen LogP contribution >= 0.6 is 0 Å². The van der Waals surface area contributed by atoms with Gasteiger partial charge in [-0.2, -0.15) is 4.99 Å². The number of nitrogens with two attached hydrogens (primary N) is 3. The molecule has 8 nitrogen and oxygen atoms in total. The quantitative estimate of drug-likeness (QED) is 0.463. The van der Waals surface area contributed by atoms with Gasteiger partial charge in [0.25, 0.3) is 5.91 Å². The van der Waals surface area contributed by atoms with E-state index in [1.807, 2.05) is 0 Å². The van der Waals surface area contributed by atoms with Crippen LogP contribution in [0.25, 0.3) is 0 Å². The summed E-state index contributed by atoms with van der Waals surface area (Å²) in [6, 6.07) is 10.9. The van der Waals surface area contributed by atoms with E-state index in [9.17, 15) is 17.6 Å². The standard InChI is InChI=1S/C13H19N5O3S2.C6H5F/c1-7-3-10(18-5-8(14)6-23(18)21)11(22(2)20)4-9(7)12(19)17-13(15)16;7-6-4-2-1-3-5-6/h3-4,8H,5-6,14H2,1-2H3,(H4,15,16,17,19);1-5H. The number of aryl methyl sites for hydroxylation is 1. The molecule has 1 heterocycles. The molecule has 1 aliphatic rings. The van der Waals surface area contributed by atoms with Crippen molar-refractivity contribution in [2.75, 3.05) is 22.9 Å². The number of guanidine groups is 1. The van der Waals surface area contributed by atoms with E-state index in [2.05, 4.69) is 4.99 Å². The van der Waals surface area contributed by atoms with Crippen molar-refractivity contribution in [1.82, 2.24) is 0 Å². The van der Waals surface area contributed by atoms with Gasteiger partial charge in [0.15, 0.2) is 5.96 Å². The van der Waals surface area contributed by atoms with E-state index >= 15 is 0 Å². The fourth-order valence-corrected chi connectivity index (χ4v) is 4.94. The number of carbonyl (C=O) groups excluding carboxylic acids is 1. The Morgan fingerprint density at radius 3 is 2.33 bits per heavy atom. The maximum absolute atomic E-state index is 12.2. The minimum absolute atomic E-state index is 0.178. The molecule has 11 heteroatoms. The first-order chi connectivity index (χ1) is 14.1. The number of hydrogen-bond donors (Lipinski definition) is 3. The van der Waals surface area contributed by atoms with Crippen molar-refractivity contribution >= 4 is 39.3 Å². The van der Waals surface area contributed by atoms with Crippen LogP contribution in [0.15, 0.2) is 52.4 Å². The highest BCUT2D eigenvalue weighted by atomic mass is 32.2. The number of nitrogens with zero attached hydrogens (tertiary/aromatic N) is 2. The monoisotopic (exact) mass is 453 g/mol. The molecule has 30 heavy (non-hydrogen) atoms. The topological polar surface area (TPSA) is 145 Å². The molecule has 1 saturated heterocycles. The lowest BCUT2D eigenvalue weighted by molar-refractivity contribution is 0.100. The largest absolute Gasteiger partial charge is 0.370 e. The van der Waals surface area contributed by atoms with Gasteiger partial charge in [-0.25, -0.2) is 8.60 Å². The SMILES string of the molecule is Cc1cc(N2CC(N)CS2=O)c(S(C)=O)cc1C(=O)N=C(N)N.Fc1ccccc1. The zero-order chi connectivity index (χ0) is 22.4. The molecule has 0 aliphatic carbocycles. The summed E-state index contributed by atoms with van der Waals surface area (Å²) >= 11 is 0.